The van der Waals surface area contributed by atoms with E-state index in [1.807, 2.05) is 23.1 Å². The van der Waals surface area contributed by atoms with Crippen molar-refractivity contribution in [2.45, 2.75) is 63.0 Å². The van der Waals surface area contributed by atoms with E-state index in [0.717, 1.165) is 43.1 Å². The molecule has 0 spiro atoms. The number of nitrogens with one attached hydrogen (secondary N) is 1. The number of nitrogens with zero attached hydrogens (tertiary/aromatic N) is 1. The normalized spacial score (nSPS) is 39.5. The number of piperidine rings is 1. The highest BCUT2D eigenvalue weighted by atomic mass is 16.3. The van der Waals surface area contributed by atoms with Crippen molar-refractivity contribution < 1.29 is 9.90 Å². The maximum atomic E-state index is 13.1. The second-order valence-electron chi connectivity index (χ2n) is 10.0. The van der Waals surface area contributed by atoms with E-state index in [1.54, 1.807) is 0 Å². The molecule has 1 heterocycles. The zero-order valence-electron chi connectivity index (χ0n) is 16.9. The van der Waals surface area contributed by atoms with Gasteiger partial charge in [0, 0.05) is 25.7 Å². The number of amides is 1. The van der Waals surface area contributed by atoms with Gasteiger partial charge in [0.2, 0.25) is 0 Å². The van der Waals surface area contributed by atoms with Crippen molar-refractivity contribution in [1.29, 1.82) is 0 Å². The Labute approximate surface area is 168 Å². The minimum Gasteiger partial charge on any atom is -0.379 e. The van der Waals surface area contributed by atoms with Gasteiger partial charge in [0.1, 0.15) is 0 Å². The van der Waals surface area contributed by atoms with Crippen molar-refractivity contribution in [3.63, 3.8) is 0 Å². The average Bonchev–Trinajstić information content (AvgIpc) is 2.69. The first kappa shape index (κ1) is 18.6. The van der Waals surface area contributed by atoms with E-state index in [2.05, 4.69) is 17.4 Å². The molecular formula is C24H34N2O2. The molecule has 4 heteroatoms. The molecule has 5 aliphatic rings. The number of aliphatic hydroxyl groups is 1. The fraction of sp³-hybridized carbons (Fsp3) is 0.708. The second kappa shape index (κ2) is 7.46. The Bertz CT molecular complexity index is 678. The highest BCUT2D eigenvalue weighted by Gasteiger charge is 2.49. The summed E-state index contributed by atoms with van der Waals surface area (Å²) in [5.41, 5.74) is 0.0278. The van der Waals surface area contributed by atoms with Crippen molar-refractivity contribution >= 4 is 5.91 Å². The lowest BCUT2D eigenvalue weighted by Gasteiger charge is -2.55. The van der Waals surface area contributed by atoms with Crippen molar-refractivity contribution in [3.05, 3.63) is 35.9 Å². The molecule has 0 radical (unpaired) electrons. The van der Waals surface area contributed by atoms with Gasteiger partial charge < -0.3 is 15.3 Å². The molecule has 5 fully saturated rings. The zero-order valence-corrected chi connectivity index (χ0v) is 16.9. The molecule has 0 aromatic heterocycles. The SMILES string of the molecule is O=C1N(CCc2ccccc2)CCCC1(O)CNC1C2CC3CC(C2)CC1C3. The van der Waals surface area contributed by atoms with Crippen LogP contribution in [0.4, 0.5) is 0 Å². The number of rotatable bonds is 6. The van der Waals surface area contributed by atoms with Crippen LogP contribution in [-0.2, 0) is 11.2 Å². The largest absolute Gasteiger partial charge is 0.379 e. The third-order valence-electron chi connectivity index (χ3n) is 8.07. The summed E-state index contributed by atoms with van der Waals surface area (Å²) in [5.74, 6) is 3.38. The second-order valence-corrected chi connectivity index (χ2v) is 10.0. The summed E-state index contributed by atoms with van der Waals surface area (Å²) in [6.45, 7) is 1.90. The molecule has 2 N–H and O–H groups in total. The highest BCUT2D eigenvalue weighted by molar-refractivity contribution is 5.86. The third-order valence-corrected chi connectivity index (χ3v) is 8.07. The molecule has 4 nitrogen and oxygen atoms in total. The van der Waals surface area contributed by atoms with Gasteiger partial charge in [-0.25, -0.2) is 0 Å². The van der Waals surface area contributed by atoms with Gasteiger partial charge in [-0.3, -0.25) is 4.79 Å². The molecule has 1 aromatic carbocycles. The van der Waals surface area contributed by atoms with Crippen LogP contribution in [0.1, 0.15) is 50.5 Å². The molecule has 1 atom stereocenters. The summed E-state index contributed by atoms with van der Waals surface area (Å²) in [6.07, 6.45) is 9.24. The fourth-order valence-electron chi connectivity index (χ4n) is 6.90. The van der Waals surface area contributed by atoms with Gasteiger partial charge in [-0.05, 0) is 80.6 Å². The van der Waals surface area contributed by atoms with Crippen molar-refractivity contribution in [1.82, 2.24) is 10.2 Å². The number of hydrogen-bond acceptors (Lipinski definition) is 3. The Morgan fingerprint density at radius 2 is 1.71 bits per heavy atom. The number of carbonyl (C=O) groups is 1. The van der Waals surface area contributed by atoms with E-state index < -0.39 is 5.60 Å². The number of likely N-dealkylation sites (tertiary alicyclic amines) is 1. The van der Waals surface area contributed by atoms with E-state index in [1.165, 1.54) is 37.7 Å². The lowest BCUT2D eigenvalue weighted by molar-refractivity contribution is -0.157. The van der Waals surface area contributed by atoms with Crippen molar-refractivity contribution in [2.24, 2.45) is 23.7 Å². The van der Waals surface area contributed by atoms with Crippen molar-refractivity contribution in [3.8, 4) is 0 Å². The quantitative estimate of drug-likeness (QED) is 0.795. The Hall–Kier alpha value is -1.39. The van der Waals surface area contributed by atoms with Gasteiger partial charge in [0.15, 0.2) is 5.60 Å². The minimum absolute atomic E-state index is 0.0639. The van der Waals surface area contributed by atoms with Crippen LogP contribution < -0.4 is 5.32 Å². The van der Waals surface area contributed by atoms with Crippen LogP contribution >= 0.6 is 0 Å². The molecule has 1 amide bonds. The van der Waals surface area contributed by atoms with E-state index in [-0.39, 0.29) is 5.91 Å². The molecule has 28 heavy (non-hydrogen) atoms. The minimum atomic E-state index is -1.22. The Morgan fingerprint density at radius 1 is 1.04 bits per heavy atom. The smallest absolute Gasteiger partial charge is 0.255 e. The van der Waals surface area contributed by atoms with Crippen LogP contribution in [0.5, 0.6) is 0 Å². The van der Waals surface area contributed by atoms with Crippen LogP contribution in [0.25, 0.3) is 0 Å². The summed E-state index contributed by atoms with van der Waals surface area (Å²) < 4.78 is 0. The molecule has 1 aliphatic heterocycles. The van der Waals surface area contributed by atoms with Gasteiger partial charge in [0.25, 0.3) is 5.91 Å². The van der Waals surface area contributed by atoms with Crippen LogP contribution in [0.15, 0.2) is 30.3 Å². The number of benzene rings is 1. The Balaban J connectivity index is 1.19. The summed E-state index contributed by atoms with van der Waals surface area (Å²) in [6, 6.07) is 10.8. The summed E-state index contributed by atoms with van der Waals surface area (Å²) in [4.78, 5) is 15.0. The van der Waals surface area contributed by atoms with Crippen LogP contribution in [0.3, 0.4) is 0 Å². The van der Waals surface area contributed by atoms with Crippen molar-refractivity contribution in [2.75, 3.05) is 19.6 Å². The lowest BCUT2D eigenvalue weighted by atomic mass is 9.54. The summed E-state index contributed by atoms with van der Waals surface area (Å²) >= 11 is 0. The van der Waals surface area contributed by atoms with E-state index in [0.29, 0.717) is 25.6 Å². The number of carbonyl (C=O) groups excluding carboxylic acids is 1. The first-order valence-corrected chi connectivity index (χ1v) is 11.4. The van der Waals surface area contributed by atoms with E-state index in [9.17, 15) is 9.90 Å². The molecule has 152 valence electrons. The maximum absolute atomic E-state index is 13.1. The van der Waals surface area contributed by atoms with Gasteiger partial charge in [-0.2, -0.15) is 0 Å². The van der Waals surface area contributed by atoms with Crippen LogP contribution in [0, 0.1) is 23.7 Å². The molecule has 4 saturated carbocycles. The van der Waals surface area contributed by atoms with Gasteiger partial charge >= 0.3 is 0 Å². The van der Waals surface area contributed by atoms with Gasteiger partial charge in [-0.1, -0.05) is 30.3 Å². The van der Waals surface area contributed by atoms with Crippen LogP contribution in [-0.4, -0.2) is 47.2 Å². The first-order chi connectivity index (χ1) is 13.6. The van der Waals surface area contributed by atoms with Gasteiger partial charge in [0.05, 0.1) is 0 Å². The Morgan fingerprint density at radius 3 is 2.39 bits per heavy atom. The molecule has 4 aliphatic carbocycles. The lowest BCUT2D eigenvalue weighted by Crippen LogP contribution is -2.62. The van der Waals surface area contributed by atoms with E-state index >= 15 is 0 Å². The number of hydrogen-bond donors (Lipinski definition) is 2. The summed E-state index contributed by atoms with van der Waals surface area (Å²) in [7, 11) is 0. The third kappa shape index (κ3) is 3.50. The molecule has 1 aromatic rings. The molecule has 1 unspecified atom stereocenters. The van der Waals surface area contributed by atoms with E-state index in [4.69, 9.17) is 0 Å². The predicted molar refractivity (Wildman–Crippen MR) is 110 cm³/mol. The maximum Gasteiger partial charge on any atom is 0.255 e. The monoisotopic (exact) mass is 382 g/mol. The average molecular weight is 383 g/mol. The zero-order chi connectivity index (χ0) is 19.1. The topological polar surface area (TPSA) is 52.6 Å². The molecule has 6 rings (SSSR count). The first-order valence-electron chi connectivity index (χ1n) is 11.4. The highest BCUT2D eigenvalue weighted by Crippen LogP contribution is 2.53. The molecule has 1 saturated heterocycles. The fourth-order valence-corrected chi connectivity index (χ4v) is 6.90. The summed E-state index contributed by atoms with van der Waals surface area (Å²) in [5, 5.41) is 14.9. The predicted octanol–water partition coefficient (Wildman–Crippen LogP) is 3.00. The van der Waals surface area contributed by atoms with Gasteiger partial charge in [-0.15, -0.1) is 0 Å². The molecular weight excluding hydrogens is 348 g/mol. The molecule has 4 bridgehead atoms. The standard InChI is InChI=1S/C24H34N2O2/c27-23-24(28,8-4-9-26(23)10-7-17-5-2-1-3-6-17)16-25-22-20-12-18-11-19(14-20)15-21(22)13-18/h1-3,5-6,18-22,25,28H,4,7-16H2. The van der Waals surface area contributed by atoms with Crippen LogP contribution in [0.2, 0.25) is 0 Å². The Kier molecular flexibility index (Phi) is 4.96.